The average Bonchev–Trinajstić information content (AvgIpc) is 3.36. The number of ether oxygens (including phenoxy) is 1. The highest BCUT2D eigenvalue weighted by Gasteiger charge is 2.46. The molecule has 4 rings (SSSR count). The molecule has 1 fully saturated rings. The van der Waals surface area contributed by atoms with Crippen LogP contribution >= 0.6 is 46.3 Å². The van der Waals surface area contributed by atoms with Gasteiger partial charge in [0.25, 0.3) is 0 Å². The summed E-state index contributed by atoms with van der Waals surface area (Å²) in [4.78, 5) is 4.39. The summed E-state index contributed by atoms with van der Waals surface area (Å²) in [6.07, 6.45) is -2.00. The van der Waals surface area contributed by atoms with Crippen molar-refractivity contribution in [3.63, 3.8) is 0 Å². The van der Waals surface area contributed by atoms with Crippen LogP contribution in [0.5, 0.6) is 0 Å². The van der Waals surface area contributed by atoms with Crippen LogP contribution in [0.15, 0.2) is 34.7 Å². The molecule has 2 aromatic heterocycles. The molecule has 1 aliphatic rings. The monoisotopic (exact) mass is 492 g/mol. The molecule has 1 aliphatic heterocycles. The Morgan fingerprint density at radius 3 is 2.70 bits per heavy atom. The van der Waals surface area contributed by atoms with Gasteiger partial charge in [-0.2, -0.15) is 4.39 Å². The van der Waals surface area contributed by atoms with Crippen molar-refractivity contribution in [1.82, 2.24) is 20.0 Å². The number of aliphatic hydroxyl groups excluding tert-OH is 3. The largest absolute Gasteiger partial charge is 0.394 e. The third kappa shape index (κ3) is 4.34. The number of aromatic nitrogens is 4. The molecule has 5 unspecified atom stereocenters. The first-order chi connectivity index (χ1) is 14.4. The Morgan fingerprint density at radius 2 is 2.03 bits per heavy atom. The summed E-state index contributed by atoms with van der Waals surface area (Å²) >= 11 is 14.2. The van der Waals surface area contributed by atoms with E-state index in [2.05, 4.69) is 15.3 Å². The van der Waals surface area contributed by atoms with Gasteiger partial charge in [-0.3, -0.25) is 0 Å². The second-order valence-electron chi connectivity index (χ2n) is 6.45. The maximum absolute atomic E-state index is 13.2. The zero-order valence-electron chi connectivity index (χ0n) is 15.0. The Hall–Kier alpha value is -1.31. The Bertz CT molecular complexity index is 1040. The van der Waals surface area contributed by atoms with E-state index in [1.54, 1.807) is 18.2 Å². The number of benzene rings is 1. The second-order valence-corrected chi connectivity index (χ2v) is 9.29. The zero-order valence-corrected chi connectivity index (χ0v) is 18.1. The minimum atomic E-state index is -1.27. The molecule has 0 saturated carbocycles. The molecular weight excluding hydrogens is 478 g/mol. The number of nitrogens with zero attached hydrogens (tertiary/aromatic N) is 4. The van der Waals surface area contributed by atoms with Crippen molar-refractivity contribution in [2.75, 3.05) is 6.61 Å². The Kier molecular flexibility index (Phi) is 6.61. The zero-order chi connectivity index (χ0) is 21.4. The van der Waals surface area contributed by atoms with Gasteiger partial charge in [0.05, 0.1) is 22.8 Å². The van der Waals surface area contributed by atoms with Crippen LogP contribution in [0.1, 0.15) is 6.04 Å². The first kappa shape index (κ1) is 21.9. The lowest BCUT2D eigenvalue weighted by Gasteiger charge is -2.41. The highest BCUT2D eigenvalue weighted by molar-refractivity contribution is 7.99. The van der Waals surface area contributed by atoms with E-state index in [1.807, 2.05) is 0 Å². The summed E-state index contributed by atoms with van der Waals surface area (Å²) in [6.45, 7) is -0.470. The average molecular weight is 493 g/mol. The minimum absolute atomic E-state index is 0.295. The van der Waals surface area contributed by atoms with Crippen molar-refractivity contribution in [3.05, 3.63) is 45.8 Å². The standard InChI is InChI=1S/C17H15Cl2FN4O4S2/c18-8-2-1-7(3-9(8)19)30-17-15(27)13(14(26)11(5-25)28-17)24-4-10(22-23-24)16-21-12(20)6-29-16/h1-4,6,11,13-15,17,25-27H,5H2. The van der Waals surface area contributed by atoms with Crippen molar-refractivity contribution in [2.24, 2.45) is 0 Å². The van der Waals surface area contributed by atoms with Gasteiger partial charge in [0.1, 0.15) is 40.5 Å². The summed E-state index contributed by atoms with van der Waals surface area (Å²) in [7, 11) is 0. The molecule has 0 bridgehead atoms. The molecule has 30 heavy (non-hydrogen) atoms. The molecule has 0 aliphatic carbocycles. The first-order valence-electron chi connectivity index (χ1n) is 8.64. The lowest BCUT2D eigenvalue weighted by atomic mass is 9.97. The molecule has 0 spiro atoms. The minimum Gasteiger partial charge on any atom is -0.394 e. The SMILES string of the molecule is OCC1OC(Sc2ccc(Cl)c(Cl)c2)C(O)C(n2cc(-c3nc(F)cs3)nn2)C1O. The third-order valence-electron chi connectivity index (χ3n) is 4.50. The van der Waals surface area contributed by atoms with Crippen molar-refractivity contribution in [1.29, 1.82) is 0 Å². The normalized spacial score (nSPS) is 26.8. The fourth-order valence-corrected chi connectivity index (χ4v) is 5.13. The van der Waals surface area contributed by atoms with E-state index in [4.69, 9.17) is 27.9 Å². The molecule has 1 aromatic carbocycles. The van der Waals surface area contributed by atoms with E-state index < -0.39 is 42.3 Å². The van der Waals surface area contributed by atoms with Crippen LogP contribution in [0.2, 0.25) is 10.0 Å². The predicted molar refractivity (Wildman–Crippen MR) is 110 cm³/mol. The van der Waals surface area contributed by atoms with E-state index in [-0.39, 0.29) is 0 Å². The van der Waals surface area contributed by atoms with Crippen LogP contribution in [0.3, 0.4) is 0 Å². The number of thiazole rings is 1. The van der Waals surface area contributed by atoms with Gasteiger partial charge in [-0.15, -0.1) is 16.4 Å². The molecule has 13 heteroatoms. The van der Waals surface area contributed by atoms with Crippen molar-refractivity contribution in [3.8, 4) is 10.7 Å². The molecule has 0 amide bonds. The maximum atomic E-state index is 13.2. The predicted octanol–water partition coefficient (Wildman–Crippen LogP) is 2.62. The smallest absolute Gasteiger partial charge is 0.224 e. The Balaban J connectivity index is 1.61. The van der Waals surface area contributed by atoms with Gasteiger partial charge < -0.3 is 20.1 Å². The van der Waals surface area contributed by atoms with Crippen LogP contribution in [-0.4, -0.2) is 65.7 Å². The second kappa shape index (κ2) is 9.05. The highest BCUT2D eigenvalue weighted by Crippen LogP contribution is 2.39. The number of thioether (sulfide) groups is 1. The molecule has 0 radical (unpaired) electrons. The summed E-state index contributed by atoms with van der Waals surface area (Å²) in [5.41, 5.74) is -0.554. The lowest BCUT2D eigenvalue weighted by Crippen LogP contribution is -2.55. The number of aliphatic hydroxyl groups is 3. The van der Waals surface area contributed by atoms with Crippen LogP contribution in [-0.2, 0) is 4.74 Å². The van der Waals surface area contributed by atoms with Crippen molar-refractivity contribution >= 4 is 46.3 Å². The van der Waals surface area contributed by atoms with Gasteiger partial charge in [0, 0.05) is 10.3 Å². The molecule has 1 saturated heterocycles. The highest BCUT2D eigenvalue weighted by atomic mass is 35.5. The number of hydrogen-bond donors (Lipinski definition) is 3. The van der Waals surface area contributed by atoms with E-state index in [0.29, 0.717) is 25.6 Å². The molecule has 3 heterocycles. The summed E-state index contributed by atoms with van der Waals surface area (Å²) in [5.74, 6) is -0.630. The van der Waals surface area contributed by atoms with Crippen LogP contribution < -0.4 is 0 Å². The van der Waals surface area contributed by atoms with Gasteiger partial charge in [0.15, 0.2) is 0 Å². The summed E-state index contributed by atoms with van der Waals surface area (Å²) < 4.78 is 20.2. The van der Waals surface area contributed by atoms with E-state index in [9.17, 15) is 19.7 Å². The summed E-state index contributed by atoms with van der Waals surface area (Å²) in [6, 6.07) is 3.99. The van der Waals surface area contributed by atoms with Crippen molar-refractivity contribution < 1.29 is 24.4 Å². The van der Waals surface area contributed by atoms with Crippen LogP contribution in [0.4, 0.5) is 4.39 Å². The van der Waals surface area contributed by atoms with E-state index in [1.165, 1.54) is 16.3 Å². The molecular formula is C17H15Cl2FN4O4S2. The first-order valence-corrected chi connectivity index (χ1v) is 11.2. The Labute approximate surface area is 188 Å². The van der Waals surface area contributed by atoms with E-state index >= 15 is 0 Å². The lowest BCUT2D eigenvalue weighted by molar-refractivity contribution is -0.178. The molecule has 3 N–H and O–H groups in total. The molecule has 5 atom stereocenters. The molecule has 8 nitrogen and oxygen atoms in total. The van der Waals surface area contributed by atoms with Gasteiger partial charge in [-0.1, -0.05) is 40.2 Å². The fourth-order valence-electron chi connectivity index (χ4n) is 3.05. The molecule has 3 aromatic rings. The number of halogens is 3. The number of hydrogen-bond acceptors (Lipinski definition) is 9. The number of rotatable bonds is 5. The van der Waals surface area contributed by atoms with Crippen molar-refractivity contribution in [2.45, 2.75) is 34.7 Å². The van der Waals surface area contributed by atoms with Gasteiger partial charge >= 0.3 is 0 Å². The van der Waals surface area contributed by atoms with Gasteiger partial charge in [-0.25, -0.2) is 9.67 Å². The van der Waals surface area contributed by atoms with Crippen LogP contribution in [0.25, 0.3) is 10.7 Å². The summed E-state index contributed by atoms with van der Waals surface area (Å²) in [5, 5.41) is 41.4. The Morgan fingerprint density at radius 1 is 1.23 bits per heavy atom. The molecule has 160 valence electrons. The van der Waals surface area contributed by atoms with Crippen LogP contribution in [0, 0.1) is 5.95 Å². The quantitative estimate of drug-likeness (QED) is 0.497. The topological polar surface area (TPSA) is 114 Å². The fraction of sp³-hybridized carbons (Fsp3) is 0.353. The van der Waals surface area contributed by atoms with Gasteiger partial charge in [0.2, 0.25) is 5.95 Å². The van der Waals surface area contributed by atoms with E-state index in [0.717, 1.165) is 23.1 Å². The maximum Gasteiger partial charge on any atom is 0.224 e. The third-order valence-corrected chi connectivity index (χ3v) is 7.23. The van der Waals surface area contributed by atoms with Gasteiger partial charge in [-0.05, 0) is 18.2 Å².